The average Bonchev–Trinajstić information content (AvgIpc) is 2.94. The van der Waals surface area contributed by atoms with Crippen LogP contribution in [0.25, 0.3) is 0 Å². The predicted octanol–water partition coefficient (Wildman–Crippen LogP) is -2.17. The number of halogens is 1. The summed E-state index contributed by atoms with van der Waals surface area (Å²) in [6.07, 6.45) is -2.64. The molecule has 3 aliphatic heterocycles. The summed E-state index contributed by atoms with van der Waals surface area (Å²) >= 11 is 0. The standard InChI is InChI=1S/C10H14FN5O3/c11-6-7(18)5(2-17)19-8(6)4-1-13-10-9(12)14-3-15-16(4)10/h1,3,5-8,10,13,17-18H,2H2,(H2,12,14,15)/t5-,6-,7-,8+,10?/m1/s1. The van der Waals surface area contributed by atoms with E-state index in [-0.39, 0.29) is 0 Å². The molecule has 5 atom stereocenters. The Morgan fingerprint density at radius 3 is 3.05 bits per heavy atom. The lowest BCUT2D eigenvalue weighted by atomic mass is 10.1. The highest BCUT2D eigenvalue weighted by atomic mass is 19.1. The van der Waals surface area contributed by atoms with Crippen molar-refractivity contribution >= 4 is 12.2 Å². The fraction of sp³-hybridized carbons (Fsp3) is 0.600. The lowest BCUT2D eigenvalue weighted by Crippen LogP contribution is -2.48. The number of hydrogen-bond acceptors (Lipinski definition) is 8. The summed E-state index contributed by atoms with van der Waals surface area (Å²) in [7, 11) is 0. The second-order valence-corrected chi connectivity index (χ2v) is 4.48. The van der Waals surface area contributed by atoms with Gasteiger partial charge in [0.05, 0.1) is 12.3 Å². The Bertz CT molecular complexity index is 468. The van der Waals surface area contributed by atoms with E-state index in [0.717, 1.165) is 0 Å². The summed E-state index contributed by atoms with van der Waals surface area (Å²) in [5, 5.41) is 27.0. The molecule has 0 bridgehead atoms. The second-order valence-electron chi connectivity index (χ2n) is 4.48. The Hall–Kier alpha value is -1.71. The molecule has 1 unspecified atom stereocenters. The Balaban J connectivity index is 1.81. The summed E-state index contributed by atoms with van der Waals surface area (Å²) in [5.74, 6) is 0.300. The first-order valence-electron chi connectivity index (χ1n) is 5.83. The molecule has 3 aliphatic rings. The van der Waals surface area contributed by atoms with Gasteiger partial charge in [0.25, 0.3) is 0 Å². The number of aliphatic hydroxyl groups is 2. The van der Waals surface area contributed by atoms with Gasteiger partial charge in [-0.3, -0.25) is 0 Å². The van der Waals surface area contributed by atoms with Crippen LogP contribution in [0.15, 0.2) is 22.0 Å². The first-order valence-corrected chi connectivity index (χ1v) is 5.83. The minimum atomic E-state index is -1.64. The fourth-order valence-electron chi connectivity index (χ4n) is 2.34. The molecular weight excluding hydrogens is 257 g/mol. The number of nitrogens with one attached hydrogen (secondary N) is 1. The van der Waals surface area contributed by atoms with Gasteiger partial charge in [-0.25, -0.2) is 14.4 Å². The normalized spacial score (nSPS) is 40.8. The number of nitrogens with two attached hydrogens (primary N) is 1. The van der Waals surface area contributed by atoms with Gasteiger partial charge in [0, 0.05) is 6.20 Å². The molecule has 3 rings (SSSR count). The topological polar surface area (TPSA) is 116 Å². The van der Waals surface area contributed by atoms with E-state index in [2.05, 4.69) is 15.4 Å². The van der Waals surface area contributed by atoms with Gasteiger partial charge in [0.1, 0.15) is 30.5 Å². The van der Waals surface area contributed by atoms with Crippen LogP contribution in [0.1, 0.15) is 0 Å². The molecule has 1 saturated heterocycles. The number of alkyl halides is 1. The zero-order chi connectivity index (χ0) is 13.6. The second kappa shape index (κ2) is 4.44. The smallest absolute Gasteiger partial charge is 0.178 e. The molecule has 0 aliphatic carbocycles. The third-order valence-electron chi connectivity index (χ3n) is 3.35. The van der Waals surface area contributed by atoms with Crippen molar-refractivity contribution in [2.24, 2.45) is 15.8 Å². The van der Waals surface area contributed by atoms with Crippen molar-refractivity contribution in [3.8, 4) is 0 Å². The van der Waals surface area contributed by atoms with Crippen LogP contribution in [0.4, 0.5) is 4.39 Å². The monoisotopic (exact) mass is 271 g/mol. The van der Waals surface area contributed by atoms with Crippen molar-refractivity contribution < 1.29 is 19.3 Å². The van der Waals surface area contributed by atoms with Crippen LogP contribution in [0.5, 0.6) is 0 Å². The van der Waals surface area contributed by atoms with Crippen LogP contribution in [0.3, 0.4) is 0 Å². The summed E-state index contributed by atoms with van der Waals surface area (Å²) in [6.45, 7) is -0.449. The maximum Gasteiger partial charge on any atom is 0.178 e. The van der Waals surface area contributed by atoms with Gasteiger partial charge < -0.3 is 26.0 Å². The lowest BCUT2D eigenvalue weighted by Gasteiger charge is -2.28. The number of amidine groups is 1. The minimum Gasteiger partial charge on any atom is -0.394 e. The van der Waals surface area contributed by atoms with Gasteiger partial charge in [-0.05, 0) is 0 Å². The minimum absolute atomic E-state index is 0.300. The van der Waals surface area contributed by atoms with Crippen LogP contribution in [-0.4, -0.2) is 64.7 Å². The van der Waals surface area contributed by atoms with Crippen LogP contribution in [0.2, 0.25) is 0 Å². The number of nitrogens with zero attached hydrogens (tertiary/aromatic N) is 3. The predicted molar refractivity (Wildman–Crippen MR) is 63.6 cm³/mol. The largest absolute Gasteiger partial charge is 0.394 e. The summed E-state index contributed by atoms with van der Waals surface area (Å²) in [6, 6.07) is 0. The van der Waals surface area contributed by atoms with Crippen molar-refractivity contribution in [1.82, 2.24) is 10.3 Å². The lowest BCUT2D eigenvalue weighted by molar-refractivity contribution is -0.0185. The number of rotatable bonds is 2. The van der Waals surface area contributed by atoms with E-state index in [9.17, 15) is 9.50 Å². The number of hydrazone groups is 1. The average molecular weight is 271 g/mol. The Morgan fingerprint density at radius 1 is 1.58 bits per heavy atom. The Kier molecular flexibility index (Phi) is 2.88. The number of fused-ring (bicyclic) bond motifs is 1. The number of ether oxygens (including phenoxy) is 1. The fourth-order valence-corrected chi connectivity index (χ4v) is 2.34. The molecule has 0 aromatic rings. The molecule has 9 heteroatoms. The van der Waals surface area contributed by atoms with Crippen molar-refractivity contribution in [3.63, 3.8) is 0 Å². The van der Waals surface area contributed by atoms with Crippen molar-refractivity contribution in [1.29, 1.82) is 0 Å². The van der Waals surface area contributed by atoms with Gasteiger partial charge in [0.2, 0.25) is 0 Å². The van der Waals surface area contributed by atoms with Gasteiger partial charge in [-0.15, -0.1) is 0 Å². The number of aliphatic imine (C=N–C) groups is 1. The zero-order valence-corrected chi connectivity index (χ0v) is 9.85. The van der Waals surface area contributed by atoms with Crippen LogP contribution >= 0.6 is 0 Å². The molecule has 5 N–H and O–H groups in total. The molecule has 0 amide bonds. The summed E-state index contributed by atoms with van der Waals surface area (Å²) < 4.78 is 19.4. The Labute approximate surface area is 108 Å². The molecule has 0 aromatic carbocycles. The van der Waals surface area contributed by atoms with Crippen LogP contribution < -0.4 is 11.1 Å². The highest BCUT2D eigenvalue weighted by molar-refractivity contribution is 5.93. The highest BCUT2D eigenvalue weighted by Crippen LogP contribution is 2.33. The SMILES string of the molecule is NC1=NC=NN2C([C@@H]3O[C@H](CO)[C@@H](O)[C@H]3F)=CNC12. The third-order valence-corrected chi connectivity index (χ3v) is 3.35. The first kappa shape index (κ1) is 12.3. The highest BCUT2D eigenvalue weighted by Gasteiger charge is 2.49. The maximum absolute atomic E-state index is 14.0. The third kappa shape index (κ3) is 1.78. The van der Waals surface area contributed by atoms with Gasteiger partial charge in [0.15, 0.2) is 12.3 Å². The van der Waals surface area contributed by atoms with E-state index >= 15 is 0 Å². The summed E-state index contributed by atoms with van der Waals surface area (Å²) in [4.78, 5) is 3.84. The molecule has 0 saturated carbocycles. The van der Waals surface area contributed by atoms with E-state index in [1.807, 2.05) is 0 Å². The number of aliphatic hydroxyl groups excluding tert-OH is 2. The van der Waals surface area contributed by atoms with E-state index in [4.69, 9.17) is 15.6 Å². The zero-order valence-electron chi connectivity index (χ0n) is 9.85. The quantitative estimate of drug-likeness (QED) is 0.454. The summed E-state index contributed by atoms with van der Waals surface area (Å²) in [5.41, 5.74) is 6.10. The van der Waals surface area contributed by atoms with Gasteiger partial charge >= 0.3 is 0 Å². The van der Waals surface area contributed by atoms with Crippen molar-refractivity contribution in [2.75, 3.05) is 6.61 Å². The molecule has 1 fully saturated rings. The van der Waals surface area contributed by atoms with Crippen molar-refractivity contribution in [2.45, 2.75) is 30.6 Å². The van der Waals surface area contributed by atoms with Crippen LogP contribution in [-0.2, 0) is 4.74 Å². The molecule has 0 aromatic heterocycles. The van der Waals surface area contributed by atoms with Gasteiger partial charge in [-0.1, -0.05) is 0 Å². The molecule has 19 heavy (non-hydrogen) atoms. The molecule has 0 radical (unpaired) electrons. The molecular formula is C10H14FN5O3. The van der Waals surface area contributed by atoms with E-state index < -0.39 is 37.3 Å². The molecule has 3 heterocycles. The van der Waals surface area contributed by atoms with Gasteiger partial charge in [-0.2, -0.15) is 5.10 Å². The van der Waals surface area contributed by atoms with Crippen LogP contribution in [0, 0.1) is 0 Å². The molecule has 104 valence electrons. The molecule has 8 nitrogen and oxygen atoms in total. The Morgan fingerprint density at radius 2 is 2.37 bits per heavy atom. The maximum atomic E-state index is 14.0. The van der Waals surface area contributed by atoms with Crippen molar-refractivity contribution in [3.05, 3.63) is 11.9 Å². The first-order chi connectivity index (χ1) is 9.13. The molecule has 0 spiro atoms. The van der Waals surface area contributed by atoms with E-state index in [0.29, 0.717) is 11.5 Å². The number of hydrogen-bond donors (Lipinski definition) is 4. The van der Waals surface area contributed by atoms with E-state index in [1.54, 1.807) is 0 Å². The van der Waals surface area contributed by atoms with E-state index in [1.165, 1.54) is 17.5 Å².